The molecular weight excluding hydrogens is 451 g/mol. The second-order valence-corrected chi connectivity index (χ2v) is 10.2. The van der Waals surface area contributed by atoms with Gasteiger partial charge in [-0.1, -0.05) is 44.2 Å². The van der Waals surface area contributed by atoms with Crippen LogP contribution in [-0.2, 0) is 16.6 Å². The fourth-order valence-electron chi connectivity index (χ4n) is 6.44. The van der Waals surface area contributed by atoms with Crippen LogP contribution < -0.4 is 0 Å². The number of hydrogen-bond donors (Lipinski definition) is 0. The number of carbonyl (C=O) groups excluding carboxylic acids is 1. The second-order valence-electron chi connectivity index (χ2n) is 10.2. The molecular formula is C30H25FN4O. The molecule has 0 bridgehead atoms. The van der Waals surface area contributed by atoms with Crippen LogP contribution in [0.5, 0.6) is 0 Å². The summed E-state index contributed by atoms with van der Waals surface area (Å²) < 4.78 is 15.1. The molecule has 2 aromatic heterocycles. The molecule has 2 aliphatic rings. The molecule has 0 spiro atoms. The molecule has 2 aromatic carbocycles. The van der Waals surface area contributed by atoms with E-state index in [0.29, 0.717) is 29.9 Å². The molecule has 178 valence electrons. The molecule has 0 amide bonds. The quantitative estimate of drug-likeness (QED) is 0.323. The van der Waals surface area contributed by atoms with Gasteiger partial charge in [0, 0.05) is 46.0 Å². The number of Topliss-reactive ketones (excluding diaryl/α,β-unsaturated/α-hetero) is 1. The van der Waals surface area contributed by atoms with Crippen molar-refractivity contribution < 1.29 is 9.18 Å². The normalized spacial score (nSPS) is 25.2. The van der Waals surface area contributed by atoms with Crippen LogP contribution in [0, 0.1) is 24.2 Å². The van der Waals surface area contributed by atoms with E-state index in [9.17, 15) is 4.79 Å². The molecule has 36 heavy (non-hydrogen) atoms. The SMILES string of the molecule is [C-]#[N+]C1C[C@@]2(C)c3nc(-c4ccnc5ccccc45)nc(-c4ccccc4F)c3CC[C@H]2[C@H](C)C1=O. The van der Waals surface area contributed by atoms with Crippen LogP contribution in [0.3, 0.4) is 0 Å². The Morgan fingerprint density at radius 2 is 1.83 bits per heavy atom. The number of para-hydroxylation sites is 1. The molecule has 0 N–H and O–H groups in total. The Labute approximate surface area is 209 Å². The van der Waals surface area contributed by atoms with E-state index in [1.165, 1.54) is 6.07 Å². The van der Waals surface area contributed by atoms with Gasteiger partial charge in [-0.05, 0) is 43.0 Å². The van der Waals surface area contributed by atoms with E-state index in [1.54, 1.807) is 18.3 Å². The monoisotopic (exact) mass is 476 g/mol. The van der Waals surface area contributed by atoms with Crippen LogP contribution in [0.15, 0.2) is 60.8 Å². The van der Waals surface area contributed by atoms with Crippen molar-refractivity contribution in [3.05, 3.63) is 89.3 Å². The molecule has 4 aromatic rings. The third-order valence-electron chi connectivity index (χ3n) is 8.24. The van der Waals surface area contributed by atoms with E-state index in [2.05, 4.69) is 16.8 Å². The number of benzene rings is 2. The lowest BCUT2D eigenvalue weighted by Crippen LogP contribution is -2.52. The number of nitrogens with zero attached hydrogens (tertiary/aromatic N) is 4. The van der Waals surface area contributed by atoms with Crippen molar-refractivity contribution in [2.75, 3.05) is 0 Å². The van der Waals surface area contributed by atoms with Crippen LogP contribution in [0.2, 0.25) is 0 Å². The van der Waals surface area contributed by atoms with Gasteiger partial charge in [-0.25, -0.2) is 20.9 Å². The zero-order chi connectivity index (χ0) is 25.0. The van der Waals surface area contributed by atoms with Gasteiger partial charge in [-0.15, -0.1) is 0 Å². The van der Waals surface area contributed by atoms with Gasteiger partial charge in [0.05, 0.1) is 16.9 Å². The summed E-state index contributed by atoms with van der Waals surface area (Å²) in [6, 6.07) is 15.7. The number of pyridine rings is 1. The van der Waals surface area contributed by atoms with E-state index in [0.717, 1.165) is 34.1 Å². The molecule has 6 rings (SSSR count). The molecule has 0 saturated heterocycles. The van der Waals surface area contributed by atoms with Gasteiger partial charge in [-0.2, -0.15) is 0 Å². The van der Waals surface area contributed by atoms with Crippen molar-refractivity contribution in [1.29, 1.82) is 0 Å². The summed E-state index contributed by atoms with van der Waals surface area (Å²) in [5.41, 5.74) is 3.97. The maximum Gasteiger partial charge on any atom is 0.282 e. The second kappa shape index (κ2) is 8.30. The molecule has 4 atom stereocenters. The summed E-state index contributed by atoms with van der Waals surface area (Å²) in [7, 11) is 0. The first kappa shape index (κ1) is 22.5. The first-order valence-corrected chi connectivity index (χ1v) is 12.3. The van der Waals surface area contributed by atoms with E-state index >= 15 is 4.39 Å². The smallest absolute Gasteiger partial charge is 0.282 e. The number of halogens is 1. The Kier molecular flexibility index (Phi) is 5.19. The fraction of sp³-hybridized carbons (Fsp3) is 0.300. The zero-order valence-electron chi connectivity index (χ0n) is 20.2. The third kappa shape index (κ3) is 3.26. The van der Waals surface area contributed by atoms with Gasteiger partial charge in [0.1, 0.15) is 5.82 Å². The Morgan fingerprint density at radius 1 is 1.06 bits per heavy atom. The van der Waals surface area contributed by atoms with Crippen molar-refractivity contribution in [3.8, 4) is 22.6 Å². The molecule has 1 unspecified atom stereocenters. The number of ketones is 1. The van der Waals surface area contributed by atoms with Crippen LogP contribution in [-0.4, -0.2) is 26.8 Å². The molecule has 5 nitrogen and oxygen atoms in total. The summed E-state index contributed by atoms with van der Waals surface area (Å²) in [5.74, 6) is 0.0486. The minimum Gasteiger partial charge on any atom is -0.305 e. The van der Waals surface area contributed by atoms with Gasteiger partial charge in [-0.3, -0.25) is 9.78 Å². The molecule has 0 radical (unpaired) electrons. The molecule has 2 heterocycles. The maximum atomic E-state index is 15.1. The van der Waals surface area contributed by atoms with Gasteiger partial charge in [0.15, 0.2) is 5.82 Å². The van der Waals surface area contributed by atoms with Gasteiger partial charge in [0.2, 0.25) is 5.78 Å². The predicted octanol–water partition coefficient (Wildman–Crippen LogP) is 6.21. The number of hydrogen-bond acceptors (Lipinski definition) is 4. The molecule has 2 aliphatic carbocycles. The minimum absolute atomic E-state index is 0.0275. The Balaban J connectivity index is 1.66. The lowest BCUT2D eigenvalue weighted by molar-refractivity contribution is -0.129. The number of carbonyl (C=O) groups is 1. The highest BCUT2D eigenvalue weighted by Crippen LogP contribution is 2.52. The van der Waals surface area contributed by atoms with Crippen LogP contribution in [0.25, 0.3) is 38.4 Å². The van der Waals surface area contributed by atoms with E-state index < -0.39 is 11.5 Å². The first-order valence-electron chi connectivity index (χ1n) is 12.3. The Bertz CT molecular complexity index is 1570. The van der Waals surface area contributed by atoms with Crippen LogP contribution in [0.1, 0.15) is 37.9 Å². The van der Waals surface area contributed by atoms with Crippen molar-refractivity contribution >= 4 is 16.7 Å². The van der Waals surface area contributed by atoms with E-state index in [-0.39, 0.29) is 23.4 Å². The van der Waals surface area contributed by atoms with Gasteiger partial charge < -0.3 is 4.85 Å². The van der Waals surface area contributed by atoms with Crippen LogP contribution in [0.4, 0.5) is 4.39 Å². The number of rotatable bonds is 2. The van der Waals surface area contributed by atoms with Crippen molar-refractivity contribution in [3.63, 3.8) is 0 Å². The maximum absolute atomic E-state index is 15.1. The summed E-state index contributed by atoms with van der Waals surface area (Å²) in [6.07, 6.45) is 3.60. The predicted molar refractivity (Wildman–Crippen MR) is 137 cm³/mol. The third-order valence-corrected chi connectivity index (χ3v) is 8.24. The molecule has 1 fully saturated rings. The standard InChI is InChI=1S/C30H25FN4O/c1-17-22-13-12-21-26(20-9-4-6-10-23(20)31)34-29(19-14-15-33-24-11-7-5-8-18(19)24)35-28(21)30(22,2)16-25(32-3)27(17)36/h4-11,14-15,17,22,25H,12-13,16H2,1-2H3/t17-,22-,25?,30+/m0/s1. The van der Waals surface area contributed by atoms with E-state index in [1.807, 2.05) is 43.3 Å². The van der Waals surface area contributed by atoms with Gasteiger partial charge in [0.25, 0.3) is 6.04 Å². The molecule has 1 saturated carbocycles. The summed E-state index contributed by atoms with van der Waals surface area (Å²) >= 11 is 0. The average molecular weight is 477 g/mol. The number of aromatic nitrogens is 3. The van der Waals surface area contributed by atoms with Gasteiger partial charge >= 0.3 is 0 Å². The molecule has 0 aliphatic heterocycles. The lowest BCUT2D eigenvalue weighted by atomic mass is 9.55. The van der Waals surface area contributed by atoms with Crippen molar-refractivity contribution in [1.82, 2.24) is 15.0 Å². The Hall–Kier alpha value is -3.98. The first-order chi connectivity index (χ1) is 17.4. The lowest BCUT2D eigenvalue weighted by Gasteiger charge is -2.47. The largest absolute Gasteiger partial charge is 0.305 e. The molecule has 6 heteroatoms. The van der Waals surface area contributed by atoms with Crippen LogP contribution >= 0.6 is 0 Å². The average Bonchev–Trinajstić information content (AvgIpc) is 2.90. The highest BCUT2D eigenvalue weighted by atomic mass is 19.1. The fourth-order valence-corrected chi connectivity index (χ4v) is 6.44. The zero-order valence-corrected chi connectivity index (χ0v) is 20.2. The topological polar surface area (TPSA) is 60.1 Å². The summed E-state index contributed by atoms with van der Waals surface area (Å²) in [4.78, 5) is 31.2. The summed E-state index contributed by atoms with van der Waals surface area (Å²) in [5, 5.41) is 0.920. The minimum atomic E-state index is -0.690. The Morgan fingerprint density at radius 3 is 2.64 bits per heavy atom. The van der Waals surface area contributed by atoms with Crippen molar-refractivity contribution in [2.45, 2.75) is 44.6 Å². The number of fused-ring (bicyclic) bond motifs is 4. The van der Waals surface area contributed by atoms with E-state index in [4.69, 9.17) is 16.5 Å². The summed E-state index contributed by atoms with van der Waals surface area (Å²) in [6.45, 7) is 11.8. The van der Waals surface area contributed by atoms with Crippen molar-refractivity contribution in [2.24, 2.45) is 11.8 Å². The highest BCUT2D eigenvalue weighted by Gasteiger charge is 2.55. The highest BCUT2D eigenvalue weighted by molar-refractivity contribution is 5.93.